The van der Waals surface area contributed by atoms with Gasteiger partial charge in [0.1, 0.15) is 5.58 Å². The molecule has 0 saturated carbocycles. The number of fused-ring (bicyclic) bond motifs is 1. The Bertz CT molecular complexity index is 939. The Morgan fingerprint density at radius 1 is 1.04 bits per heavy atom. The summed E-state index contributed by atoms with van der Waals surface area (Å²) in [5.41, 5.74) is 1.89. The summed E-state index contributed by atoms with van der Waals surface area (Å²) in [6.07, 6.45) is 1.79. The summed E-state index contributed by atoms with van der Waals surface area (Å²) in [6, 6.07) is 18.0. The zero-order chi connectivity index (χ0) is 16.2. The molecule has 3 rings (SSSR count). The Morgan fingerprint density at radius 3 is 2.52 bits per heavy atom. The maximum absolute atomic E-state index is 12.4. The van der Waals surface area contributed by atoms with Gasteiger partial charge in [-0.3, -0.25) is 4.79 Å². The number of carbonyl (C=O) groups excluding carboxylic acids is 1. The van der Waals surface area contributed by atoms with Crippen LogP contribution >= 0.6 is 0 Å². The molecule has 4 heteroatoms. The van der Waals surface area contributed by atoms with Gasteiger partial charge in [-0.05, 0) is 30.7 Å². The highest BCUT2D eigenvalue weighted by Gasteiger charge is 2.10. The summed E-state index contributed by atoms with van der Waals surface area (Å²) in [7, 11) is 0. The zero-order valence-corrected chi connectivity index (χ0v) is 12.6. The van der Waals surface area contributed by atoms with Gasteiger partial charge in [0.2, 0.25) is 0 Å². The van der Waals surface area contributed by atoms with Crippen molar-refractivity contribution in [1.29, 1.82) is 0 Å². The van der Waals surface area contributed by atoms with Gasteiger partial charge in [0.05, 0.1) is 5.69 Å². The summed E-state index contributed by atoms with van der Waals surface area (Å²) < 4.78 is 5.12. The summed E-state index contributed by atoms with van der Waals surface area (Å²) >= 11 is 0. The van der Waals surface area contributed by atoms with E-state index in [0.717, 1.165) is 5.56 Å². The van der Waals surface area contributed by atoms with Crippen LogP contribution in [0.15, 0.2) is 75.4 Å². The highest BCUT2D eigenvalue weighted by atomic mass is 16.4. The van der Waals surface area contributed by atoms with Crippen molar-refractivity contribution in [2.75, 3.05) is 5.32 Å². The molecule has 1 amide bonds. The van der Waals surface area contributed by atoms with Crippen molar-refractivity contribution < 1.29 is 9.21 Å². The third-order valence-electron chi connectivity index (χ3n) is 3.44. The first-order chi connectivity index (χ1) is 11.1. The average Bonchev–Trinajstić information content (AvgIpc) is 2.55. The lowest BCUT2D eigenvalue weighted by Gasteiger charge is -2.08. The number of hydrogen-bond acceptors (Lipinski definition) is 3. The predicted octanol–water partition coefficient (Wildman–Crippen LogP) is 3.84. The molecule has 4 nitrogen and oxygen atoms in total. The molecule has 0 fully saturated rings. The number of para-hydroxylation sites is 1. The molecule has 0 radical (unpaired) electrons. The van der Waals surface area contributed by atoms with Crippen molar-refractivity contribution in [1.82, 2.24) is 0 Å². The van der Waals surface area contributed by atoms with Crippen LogP contribution in [0.1, 0.15) is 12.5 Å². The number of hydrogen-bond donors (Lipinski definition) is 1. The van der Waals surface area contributed by atoms with Crippen molar-refractivity contribution >= 4 is 28.6 Å². The molecule has 1 heterocycles. The van der Waals surface area contributed by atoms with Gasteiger partial charge in [-0.15, -0.1) is 0 Å². The fraction of sp³-hybridized carbons (Fsp3) is 0.0526. The van der Waals surface area contributed by atoms with Crippen LogP contribution in [0, 0.1) is 0 Å². The zero-order valence-electron chi connectivity index (χ0n) is 12.6. The maximum Gasteiger partial charge on any atom is 0.338 e. The van der Waals surface area contributed by atoms with Gasteiger partial charge in [0, 0.05) is 17.0 Å². The Balaban J connectivity index is 1.91. The Kier molecular flexibility index (Phi) is 4.06. The molecule has 0 aliphatic carbocycles. The summed E-state index contributed by atoms with van der Waals surface area (Å²) in [4.78, 5) is 24.0. The van der Waals surface area contributed by atoms with E-state index in [9.17, 15) is 9.59 Å². The van der Waals surface area contributed by atoms with E-state index in [2.05, 4.69) is 5.32 Å². The Morgan fingerprint density at radius 2 is 1.74 bits per heavy atom. The number of rotatable bonds is 3. The number of carbonyl (C=O) groups is 1. The van der Waals surface area contributed by atoms with E-state index in [0.29, 0.717) is 22.2 Å². The van der Waals surface area contributed by atoms with Gasteiger partial charge in [0.25, 0.3) is 5.91 Å². The lowest BCUT2D eigenvalue weighted by Crippen LogP contribution is -2.14. The molecule has 114 valence electrons. The molecule has 0 spiro atoms. The third-order valence-corrected chi connectivity index (χ3v) is 3.44. The van der Waals surface area contributed by atoms with Crippen molar-refractivity contribution in [3.05, 3.63) is 82.2 Å². The molecule has 0 atom stereocenters. The molecule has 0 unspecified atom stereocenters. The van der Waals surface area contributed by atoms with Crippen LogP contribution in [0.25, 0.3) is 17.0 Å². The minimum absolute atomic E-state index is 0.260. The largest absolute Gasteiger partial charge is 0.423 e. The monoisotopic (exact) mass is 305 g/mol. The standard InChI is InChI=1S/C19H15NO3/c1-13(11-14-7-3-2-4-8-14)19(22)20-16-12-18(21)23-17-10-6-5-9-15(16)17/h2-12H,1H3,(H,20,22). The topological polar surface area (TPSA) is 59.3 Å². The van der Waals surface area contributed by atoms with E-state index in [1.54, 1.807) is 31.2 Å². The summed E-state index contributed by atoms with van der Waals surface area (Å²) in [6.45, 7) is 1.73. The van der Waals surface area contributed by atoms with Crippen LogP contribution in [0.2, 0.25) is 0 Å². The maximum atomic E-state index is 12.4. The molecular weight excluding hydrogens is 290 g/mol. The van der Waals surface area contributed by atoms with Crippen LogP contribution in [0.5, 0.6) is 0 Å². The average molecular weight is 305 g/mol. The fourth-order valence-corrected chi connectivity index (χ4v) is 2.30. The molecule has 23 heavy (non-hydrogen) atoms. The van der Waals surface area contributed by atoms with Crippen molar-refractivity contribution in [2.24, 2.45) is 0 Å². The Hall–Kier alpha value is -3.14. The predicted molar refractivity (Wildman–Crippen MR) is 91.2 cm³/mol. The van der Waals surface area contributed by atoms with E-state index >= 15 is 0 Å². The highest BCUT2D eigenvalue weighted by molar-refractivity contribution is 6.09. The van der Waals surface area contributed by atoms with Crippen LogP contribution in [0.4, 0.5) is 5.69 Å². The van der Waals surface area contributed by atoms with Crippen molar-refractivity contribution in [3.8, 4) is 0 Å². The van der Waals surface area contributed by atoms with E-state index in [1.165, 1.54) is 6.07 Å². The van der Waals surface area contributed by atoms with E-state index in [-0.39, 0.29) is 5.91 Å². The van der Waals surface area contributed by atoms with Gasteiger partial charge in [-0.1, -0.05) is 42.5 Å². The normalized spacial score (nSPS) is 11.4. The SMILES string of the molecule is CC(=Cc1ccccc1)C(=O)Nc1cc(=O)oc2ccccc12. The fourth-order valence-electron chi connectivity index (χ4n) is 2.30. The van der Waals surface area contributed by atoms with E-state index in [1.807, 2.05) is 36.4 Å². The molecular formula is C19H15NO3. The van der Waals surface area contributed by atoms with Gasteiger partial charge >= 0.3 is 5.63 Å². The number of anilines is 1. The van der Waals surface area contributed by atoms with E-state index in [4.69, 9.17) is 4.42 Å². The van der Waals surface area contributed by atoms with Crippen LogP contribution in [-0.4, -0.2) is 5.91 Å². The number of benzene rings is 2. The number of nitrogens with one attached hydrogen (secondary N) is 1. The number of amides is 1. The molecule has 1 aromatic heterocycles. The first kappa shape index (κ1) is 14.8. The second kappa shape index (κ2) is 6.32. The first-order valence-corrected chi connectivity index (χ1v) is 7.21. The van der Waals surface area contributed by atoms with Gasteiger partial charge < -0.3 is 9.73 Å². The molecule has 2 aromatic carbocycles. The molecule has 3 aromatic rings. The smallest absolute Gasteiger partial charge is 0.338 e. The quantitative estimate of drug-likeness (QED) is 0.591. The first-order valence-electron chi connectivity index (χ1n) is 7.21. The lowest BCUT2D eigenvalue weighted by atomic mass is 10.1. The summed E-state index contributed by atoms with van der Waals surface area (Å²) in [5.74, 6) is -0.260. The highest BCUT2D eigenvalue weighted by Crippen LogP contribution is 2.21. The minimum Gasteiger partial charge on any atom is -0.423 e. The molecule has 0 bridgehead atoms. The molecule has 0 aliphatic heterocycles. The lowest BCUT2D eigenvalue weighted by molar-refractivity contribution is -0.112. The molecule has 0 aliphatic rings. The third kappa shape index (κ3) is 3.37. The van der Waals surface area contributed by atoms with Gasteiger partial charge in [-0.25, -0.2) is 4.79 Å². The van der Waals surface area contributed by atoms with E-state index < -0.39 is 5.63 Å². The molecule has 0 saturated heterocycles. The Labute approximate surface area is 133 Å². The van der Waals surface area contributed by atoms with Crippen molar-refractivity contribution in [2.45, 2.75) is 6.92 Å². The van der Waals surface area contributed by atoms with Crippen LogP contribution < -0.4 is 10.9 Å². The molecule has 1 N–H and O–H groups in total. The van der Waals surface area contributed by atoms with Crippen LogP contribution in [-0.2, 0) is 4.79 Å². The van der Waals surface area contributed by atoms with Crippen LogP contribution in [0.3, 0.4) is 0 Å². The second-order valence-corrected chi connectivity index (χ2v) is 5.17. The second-order valence-electron chi connectivity index (χ2n) is 5.17. The van der Waals surface area contributed by atoms with Gasteiger partial charge in [-0.2, -0.15) is 0 Å². The summed E-state index contributed by atoms with van der Waals surface area (Å²) in [5, 5.41) is 3.47. The van der Waals surface area contributed by atoms with Gasteiger partial charge in [0.15, 0.2) is 0 Å². The van der Waals surface area contributed by atoms with Crippen molar-refractivity contribution in [3.63, 3.8) is 0 Å². The minimum atomic E-state index is -0.497.